The van der Waals surface area contributed by atoms with Gasteiger partial charge in [0, 0.05) is 24.4 Å². The van der Waals surface area contributed by atoms with Crippen LogP contribution in [0.5, 0.6) is 0 Å². The molecule has 1 atom stereocenters. The molecular weight excluding hydrogens is 282 g/mol. The van der Waals surface area contributed by atoms with Gasteiger partial charge in [-0.3, -0.25) is 4.79 Å². The minimum atomic E-state index is -0.0562. The lowest BCUT2D eigenvalue weighted by atomic mass is 10.1. The number of piperidine rings is 1. The van der Waals surface area contributed by atoms with E-state index in [2.05, 4.69) is 27.8 Å². The first-order valence-corrected chi connectivity index (χ1v) is 8.19. The summed E-state index contributed by atoms with van der Waals surface area (Å²) in [5, 5.41) is 9.18. The van der Waals surface area contributed by atoms with E-state index < -0.39 is 0 Å². The maximum absolute atomic E-state index is 12.2. The number of thiazole rings is 1. The molecule has 2 heterocycles. The van der Waals surface area contributed by atoms with Crippen LogP contribution in [0.25, 0.3) is 0 Å². The molecule has 4 nitrogen and oxygen atoms in total. The molecule has 3 rings (SSSR count). The van der Waals surface area contributed by atoms with E-state index in [9.17, 15) is 4.79 Å². The Bertz CT molecular complexity index is 591. The van der Waals surface area contributed by atoms with Crippen molar-refractivity contribution in [2.45, 2.75) is 25.3 Å². The van der Waals surface area contributed by atoms with Gasteiger partial charge in [0.1, 0.15) is 5.69 Å². The summed E-state index contributed by atoms with van der Waals surface area (Å²) in [6.07, 6.45) is 2.94. The molecular formula is C16H19N3OS. The highest BCUT2D eigenvalue weighted by Gasteiger charge is 2.18. The Morgan fingerprint density at radius 2 is 2.24 bits per heavy atom. The van der Waals surface area contributed by atoms with Gasteiger partial charge in [0.15, 0.2) is 0 Å². The fourth-order valence-electron chi connectivity index (χ4n) is 2.50. The second-order valence-electron chi connectivity index (χ2n) is 5.31. The Morgan fingerprint density at radius 1 is 1.38 bits per heavy atom. The average Bonchev–Trinajstić information content (AvgIpc) is 2.98. The van der Waals surface area contributed by atoms with E-state index in [1.165, 1.54) is 5.56 Å². The van der Waals surface area contributed by atoms with Gasteiger partial charge < -0.3 is 10.6 Å². The second kappa shape index (κ2) is 6.83. The monoisotopic (exact) mass is 301 g/mol. The van der Waals surface area contributed by atoms with Gasteiger partial charge >= 0.3 is 0 Å². The number of rotatable bonds is 4. The number of nitrogens with one attached hydrogen (secondary N) is 2. The summed E-state index contributed by atoms with van der Waals surface area (Å²) in [5.41, 5.74) is 1.76. The molecule has 0 unspecified atom stereocenters. The van der Waals surface area contributed by atoms with E-state index in [4.69, 9.17) is 0 Å². The van der Waals surface area contributed by atoms with Gasteiger partial charge in [-0.2, -0.15) is 0 Å². The Hall–Kier alpha value is -1.72. The van der Waals surface area contributed by atoms with Gasteiger partial charge in [0.05, 0.1) is 5.01 Å². The number of nitrogens with zero attached hydrogens (tertiary/aromatic N) is 1. The van der Waals surface area contributed by atoms with Gasteiger partial charge in [0.2, 0.25) is 0 Å². The van der Waals surface area contributed by atoms with Crippen LogP contribution in [0.1, 0.15) is 33.9 Å². The lowest BCUT2D eigenvalue weighted by Crippen LogP contribution is -2.45. The SMILES string of the molecule is O=C(N[C@H]1CCCNC1)c1csc(Cc2ccccc2)n1. The number of aromatic nitrogens is 1. The maximum atomic E-state index is 12.2. The molecule has 2 N–H and O–H groups in total. The Kier molecular flexibility index (Phi) is 4.62. The van der Waals surface area contributed by atoms with Crippen molar-refractivity contribution in [1.82, 2.24) is 15.6 Å². The molecule has 110 valence electrons. The first-order chi connectivity index (χ1) is 10.3. The largest absolute Gasteiger partial charge is 0.347 e. The molecule has 2 aromatic rings. The van der Waals surface area contributed by atoms with Crippen molar-refractivity contribution < 1.29 is 4.79 Å². The van der Waals surface area contributed by atoms with E-state index in [-0.39, 0.29) is 11.9 Å². The number of carbonyl (C=O) groups is 1. The molecule has 0 aliphatic carbocycles. The number of carbonyl (C=O) groups excluding carboxylic acids is 1. The highest BCUT2D eigenvalue weighted by Crippen LogP contribution is 2.15. The van der Waals surface area contributed by atoms with Gasteiger partial charge in [-0.25, -0.2) is 4.98 Å². The smallest absolute Gasteiger partial charge is 0.271 e. The Morgan fingerprint density at radius 3 is 3.00 bits per heavy atom. The molecule has 1 aromatic carbocycles. The van der Waals surface area contributed by atoms with E-state index in [0.29, 0.717) is 5.69 Å². The summed E-state index contributed by atoms with van der Waals surface area (Å²) in [6, 6.07) is 10.4. The third-order valence-electron chi connectivity index (χ3n) is 3.61. The summed E-state index contributed by atoms with van der Waals surface area (Å²) in [5.74, 6) is -0.0562. The van der Waals surface area contributed by atoms with E-state index >= 15 is 0 Å². The van der Waals surface area contributed by atoms with Crippen molar-refractivity contribution in [3.8, 4) is 0 Å². The first kappa shape index (κ1) is 14.2. The summed E-state index contributed by atoms with van der Waals surface area (Å²) >= 11 is 1.55. The average molecular weight is 301 g/mol. The molecule has 0 saturated carbocycles. The molecule has 0 bridgehead atoms. The fraction of sp³-hybridized carbons (Fsp3) is 0.375. The van der Waals surface area contributed by atoms with Crippen molar-refractivity contribution in [2.24, 2.45) is 0 Å². The van der Waals surface area contributed by atoms with Crippen LogP contribution in [0.4, 0.5) is 0 Å². The van der Waals surface area contributed by atoms with Crippen molar-refractivity contribution in [3.05, 3.63) is 52.0 Å². The van der Waals surface area contributed by atoms with Crippen LogP contribution in [0.15, 0.2) is 35.7 Å². The van der Waals surface area contributed by atoms with E-state index in [1.54, 1.807) is 11.3 Å². The highest BCUT2D eigenvalue weighted by molar-refractivity contribution is 7.09. The van der Waals surface area contributed by atoms with E-state index in [0.717, 1.165) is 37.4 Å². The van der Waals surface area contributed by atoms with Crippen LogP contribution >= 0.6 is 11.3 Å². The Labute approximate surface area is 128 Å². The number of hydrogen-bond donors (Lipinski definition) is 2. The zero-order valence-corrected chi connectivity index (χ0v) is 12.7. The lowest BCUT2D eigenvalue weighted by Gasteiger charge is -2.23. The standard InChI is InChI=1S/C16H19N3OS/c20-16(18-13-7-4-8-17-10-13)14-11-21-15(19-14)9-12-5-2-1-3-6-12/h1-3,5-6,11,13,17H,4,7-10H2,(H,18,20)/t13-/m0/s1. The minimum Gasteiger partial charge on any atom is -0.347 e. The third-order valence-corrected chi connectivity index (χ3v) is 4.46. The van der Waals surface area contributed by atoms with Gasteiger partial charge in [-0.1, -0.05) is 30.3 Å². The number of hydrogen-bond acceptors (Lipinski definition) is 4. The number of amides is 1. The quantitative estimate of drug-likeness (QED) is 0.910. The predicted octanol–water partition coefficient (Wildman–Crippen LogP) is 2.22. The molecule has 5 heteroatoms. The van der Waals surface area contributed by atoms with Gasteiger partial charge in [-0.15, -0.1) is 11.3 Å². The summed E-state index contributed by atoms with van der Waals surface area (Å²) in [4.78, 5) is 16.6. The fourth-order valence-corrected chi connectivity index (χ4v) is 3.31. The van der Waals surface area contributed by atoms with Crippen LogP contribution in [0.3, 0.4) is 0 Å². The maximum Gasteiger partial charge on any atom is 0.271 e. The van der Waals surface area contributed by atoms with Gasteiger partial charge in [0.25, 0.3) is 5.91 Å². The molecule has 21 heavy (non-hydrogen) atoms. The minimum absolute atomic E-state index is 0.0562. The topological polar surface area (TPSA) is 54.0 Å². The zero-order valence-electron chi connectivity index (χ0n) is 11.8. The third kappa shape index (κ3) is 3.89. The van der Waals surface area contributed by atoms with Crippen LogP contribution in [-0.4, -0.2) is 30.0 Å². The van der Waals surface area contributed by atoms with Gasteiger partial charge in [-0.05, 0) is 24.9 Å². The predicted molar refractivity (Wildman–Crippen MR) is 84.7 cm³/mol. The molecule has 1 saturated heterocycles. The van der Waals surface area contributed by atoms with Crippen LogP contribution in [-0.2, 0) is 6.42 Å². The van der Waals surface area contributed by atoms with Crippen LogP contribution in [0.2, 0.25) is 0 Å². The molecule has 0 radical (unpaired) electrons. The van der Waals surface area contributed by atoms with Crippen molar-refractivity contribution >= 4 is 17.2 Å². The molecule has 1 amide bonds. The number of benzene rings is 1. The summed E-state index contributed by atoms with van der Waals surface area (Å²) in [7, 11) is 0. The van der Waals surface area contributed by atoms with Crippen molar-refractivity contribution in [1.29, 1.82) is 0 Å². The summed E-state index contributed by atoms with van der Waals surface area (Å²) < 4.78 is 0. The zero-order chi connectivity index (χ0) is 14.5. The van der Waals surface area contributed by atoms with Crippen molar-refractivity contribution in [2.75, 3.05) is 13.1 Å². The Balaban J connectivity index is 1.60. The molecule has 0 spiro atoms. The first-order valence-electron chi connectivity index (χ1n) is 7.31. The summed E-state index contributed by atoms with van der Waals surface area (Å²) in [6.45, 7) is 1.90. The molecule has 1 fully saturated rings. The molecule has 1 aliphatic rings. The normalized spacial score (nSPS) is 18.4. The van der Waals surface area contributed by atoms with Crippen molar-refractivity contribution in [3.63, 3.8) is 0 Å². The lowest BCUT2D eigenvalue weighted by molar-refractivity contribution is 0.0926. The van der Waals surface area contributed by atoms with Crippen LogP contribution in [0, 0.1) is 0 Å². The van der Waals surface area contributed by atoms with E-state index in [1.807, 2.05) is 23.6 Å². The second-order valence-corrected chi connectivity index (χ2v) is 6.25. The molecule has 1 aromatic heterocycles. The highest BCUT2D eigenvalue weighted by atomic mass is 32.1. The van der Waals surface area contributed by atoms with Crippen LogP contribution < -0.4 is 10.6 Å². The molecule has 1 aliphatic heterocycles.